The molecule has 0 unspecified atom stereocenters. The molecule has 1 N–H and O–H groups in total. The number of rotatable bonds is 1. The van der Waals surface area contributed by atoms with Gasteiger partial charge in [-0.1, -0.05) is 18.2 Å². The number of fused-ring (bicyclic) bond motifs is 1. The lowest BCUT2D eigenvalue weighted by Crippen LogP contribution is -2.42. The summed E-state index contributed by atoms with van der Waals surface area (Å²) in [6, 6.07) is 6.04. The minimum atomic E-state index is -0.191. The lowest BCUT2D eigenvalue weighted by Gasteiger charge is -2.25. The molecule has 0 saturated carbocycles. The summed E-state index contributed by atoms with van der Waals surface area (Å²) in [7, 11) is 1.43. The molecule has 88 valence electrons. The molecule has 1 aliphatic heterocycles. The molecule has 1 aromatic rings. The third-order valence-electron chi connectivity index (χ3n) is 2.94. The van der Waals surface area contributed by atoms with Crippen molar-refractivity contribution in [3.05, 3.63) is 34.9 Å². The second-order valence-electron chi connectivity index (χ2n) is 3.87. The van der Waals surface area contributed by atoms with Crippen LogP contribution in [0.15, 0.2) is 18.2 Å². The average molecular weight is 242 g/mol. The number of esters is 1. The molecule has 0 fully saturated rings. The summed E-state index contributed by atoms with van der Waals surface area (Å²) in [4.78, 5) is 11.4. The van der Waals surface area contributed by atoms with Gasteiger partial charge in [0.2, 0.25) is 0 Å². The van der Waals surface area contributed by atoms with Crippen LogP contribution in [-0.2, 0) is 22.5 Å². The first-order chi connectivity index (χ1) is 7.22. The Labute approximate surface area is 102 Å². The van der Waals surface area contributed by atoms with Crippen molar-refractivity contribution in [2.45, 2.75) is 25.9 Å². The van der Waals surface area contributed by atoms with Crippen molar-refractivity contribution in [2.24, 2.45) is 0 Å². The van der Waals surface area contributed by atoms with Crippen molar-refractivity contribution in [1.82, 2.24) is 5.32 Å². The standard InChI is InChI=1S/C12H15NO2.ClH/c1-8-4-3-5-9-7-13-11(6-10(8)9)12(14)15-2;/h3-5,11,13H,6-7H2,1-2H3;1H/t11-;/m1./s1. The molecule has 0 bridgehead atoms. The summed E-state index contributed by atoms with van der Waals surface area (Å²) in [5.74, 6) is -0.177. The Morgan fingerprint density at radius 1 is 1.50 bits per heavy atom. The first-order valence-electron chi connectivity index (χ1n) is 5.11. The van der Waals surface area contributed by atoms with Crippen molar-refractivity contribution in [2.75, 3.05) is 7.11 Å². The molecule has 1 heterocycles. The largest absolute Gasteiger partial charge is 0.468 e. The molecule has 1 aliphatic rings. The lowest BCUT2D eigenvalue weighted by molar-refractivity contribution is -0.143. The molecular weight excluding hydrogens is 226 g/mol. The van der Waals surface area contributed by atoms with E-state index in [0.29, 0.717) is 0 Å². The second-order valence-corrected chi connectivity index (χ2v) is 3.87. The average Bonchev–Trinajstić information content (AvgIpc) is 2.28. The van der Waals surface area contributed by atoms with E-state index in [2.05, 4.69) is 24.4 Å². The predicted molar refractivity (Wildman–Crippen MR) is 64.8 cm³/mol. The first kappa shape index (κ1) is 13.0. The highest BCUT2D eigenvalue weighted by molar-refractivity contribution is 5.85. The highest BCUT2D eigenvalue weighted by Crippen LogP contribution is 2.20. The topological polar surface area (TPSA) is 38.3 Å². The molecule has 1 aromatic carbocycles. The highest BCUT2D eigenvalue weighted by atomic mass is 35.5. The van der Waals surface area contributed by atoms with Gasteiger partial charge in [-0.15, -0.1) is 12.4 Å². The van der Waals surface area contributed by atoms with Crippen LogP contribution in [0, 0.1) is 6.92 Å². The summed E-state index contributed by atoms with van der Waals surface area (Å²) in [6.07, 6.45) is 0.731. The number of carbonyl (C=O) groups excluding carboxylic acids is 1. The summed E-state index contributed by atoms with van der Waals surface area (Å²) < 4.78 is 4.74. The smallest absolute Gasteiger partial charge is 0.323 e. The van der Waals surface area contributed by atoms with E-state index in [1.165, 1.54) is 23.8 Å². The number of hydrogen-bond donors (Lipinski definition) is 1. The van der Waals surface area contributed by atoms with E-state index in [4.69, 9.17) is 4.74 Å². The molecule has 2 rings (SSSR count). The number of carbonyl (C=O) groups is 1. The molecular formula is C12H16ClNO2. The Hall–Kier alpha value is -1.06. The lowest BCUT2D eigenvalue weighted by atomic mass is 9.92. The maximum atomic E-state index is 11.4. The van der Waals surface area contributed by atoms with Crippen molar-refractivity contribution in [3.8, 4) is 0 Å². The molecule has 0 spiro atoms. The zero-order valence-electron chi connectivity index (χ0n) is 9.45. The number of hydrogen-bond acceptors (Lipinski definition) is 3. The fourth-order valence-electron chi connectivity index (χ4n) is 2.04. The van der Waals surface area contributed by atoms with Crippen LogP contribution >= 0.6 is 12.4 Å². The van der Waals surface area contributed by atoms with Crippen LogP contribution in [0.4, 0.5) is 0 Å². The van der Waals surface area contributed by atoms with E-state index in [-0.39, 0.29) is 24.4 Å². The molecule has 1 atom stereocenters. The van der Waals surface area contributed by atoms with Crippen molar-refractivity contribution in [1.29, 1.82) is 0 Å². The van der Waals surface area contributed by atoms with Gasteiger partial charge in [-0.05, 0) is 30.0 Å². The molecule has 4 heteroatoms. The van der Waals surface area contributed by atoms with E-state index in [0.717, 1.165) is 13.0 Å². The van der Waals surface area contributed by atoms with Crippen molar-refractivity contribution in [3.63, 3.8) is 0 Å². The van der Waals surface area contributed by atoms with Crippen molar-refractivity contribution < 1.29 is 9.53 Å². The number of halogens is 1. The Morgan fingerprint density at radius 3 is 2.94 bits per heavy atom. The van der Waals surface area contributed by atoms with Gasteiger partial charge in [-0.3, -0.25) is 4.79 Å². The van der Waals surface area contributed by atoms with Crippen molar-refractivity contribution >= 4 is 18.4 Å². The van der Waals surface area contributed by atoms with Gasteiger partial charge in [0.25, 0.3) is 0 Å². The third kappa shape index (κ3) is 2.36. The number of nitrogens with one attached hydrogen (secondary N) is 1. The zero-order chi connectivity index (χ0) is 10.8. The van der Waals surface area contributed by atoms with Crippen LogP contribution in [0.2, 0.25) is 0 Å². The number of methoxy groups -OCH3 is 1. The Bertz CT molecular complexity index is 393. The van der Waals surface area contributed by atoms with E-state index in [9.17, 15) is 4.79 Å². The van der Waals surface area contributed by atoms with Crippen LogP contribution in [0.5, 0.6) is 0 Å². The molecule has 0 amide bonds. The van der Waals surface area contributed by atoms with Gasteiger partial charge in [0.05, 0.1) is 7.11 Å². The van der Waals surface area contributed by atoms with Gasteiger partial charge in [0, 0.05) is 6.54 Å². The SMILES string of the molecule is COC(=O)[C@H]1Cc2c(C)cccc2CN1.Cl. The zero-order valence-corrected chi connectivity index (χ0v) is 10.3. The maximum absolute atomic E-state index is 11.4. The Kier molecular flexibility index (Phi) is 4.33. The summed E-state index contributed by atoms with van der Waals surface area (Å²) in [6.45, 7) is 2.83. The number of ether oxygens (including phenoxy) is 1. The fraction of sp³-hybridized carbons (Fsp3) is 0.417. The third-order valence-corrected chi connectivity index (χ3v) is 2.94. The van der Waals surface area contributed by atoms with Gasteiger partial charge >= 0.3 is 5.97 Å². The van der Waals surface area contributed by atoms with Crippen LogP contribution in [0.1, 0.15) is 16.7 Å². The summed E-state index contributed by atoms with van der Waals surface area (Å²) in [5, 5.41) is 3.18. The van der Waals surface area contributed by atoms with Crippen LogP contribution in [-0.4, -0.2) is 19.1 Å². The molecule has 16 heavy (non-hydrogen) atoms. The number of aryl methyl sites for hydroxylation is 1. The first-order valence-corrected chi connectivity index (χ1v) is 5.11. The molecule has 0 radical (unpaired) electrons. The highest BCUT2D eigenvalue weighted by Gasteiger charge is 2.25. The predicted octanol–water partition coefficient (Wildman–Crippen LogP) is 1.60. The van der Waals surface area contributed by atoms with Gasteiger partial charge in [0.1, 0.15) is 6.04 Å². The van der Waals surface area contributed by atoms with E-state index >= 15 is 0 Å². The Morgan fingerprint density at radius 2 is 2.25 bits per heavy atom. The quantitative estimate of drug-likeness (QED) is 0.760. The monoisotopic (exact) mass is 241 g/mol. The van der Waals surface area contributed by atoms with Crippen LogP contribution in [0.25, 0.3) is 0 Å². The van der Waals surface area contributed by atoms with E-state index < -0.39 is 0 Å². The normalized spacial score (nSPS) is 18.2. The number of benzene rings is 1. The molecule has 0 saturated heterocycles. The summed E-state index contributed by atoms with van der Waals surface area (Å²) >= 11 is 0. The minimum absolute atomic E-state index is 0. The van der Waals surface area contributed by atoms with E-state index in [1.807, 2.05) is 6.07 Å². The van der Waals surface area contributed by atoms with Gasteiger partial charge in [-0.2, -0.15) is 0 Å². The Balaban J connectivity index is 0.00000128. The van der Waals surface area contributed by atoms with Crippen LogP contribution in [0.3, 0.4) is 0 Å². The fourth-order valence-corrected chi connectivity index (χ4v) is 2.04. The van der Waals surface area contributed by atoms with Gasteiger partial charge in [-0.25, -0.2) is 0 Å². The maximum Gasteiger partial charge on any atom is 0.323 e. The molecule has 3 nitrogen and oxygen atoms in total. The second kappa shape index (κ2) is 5.32. The molecule has 0 aromatic heterocycles. The van der Waals surface area contributed by atoms with Gasteiger partial charge in [0.15, 0.2) is 0 Å². The minimum Gasteiger partial charge on any atom is -0.468 e. The molecule has 0 aliphatic carbocycles. The van der Waals surface area contributed by atoms with E-state index in [1.54, 1.807) is 0 Å². The van der Waals surface area contributed by atoms with Gasteiger partial charge < -0.3 is 10.1 Å². The summed E-state index contributed by atoms with van der Waals surface area (Å²) in [5.41, 5.74) is 3.82. The van der Waals surface area contributed by atoms with Crippen LogP contribution < -0.4 is 5.32 Å².